The Morgan fingerprint density at radius 2 is 2.08 bits per heavy atom. The molecule has 1 heterocycles. The number of nitrogens with zero attached hydrogens (tertiary/aromatic N) is 2. The zero-order chi connectivity index (χ0) is 18.1. The summed E-state index contributed by atoms with van der Waals surface area (Å²) in [5.41, 5.74) is 1.36. The first-order valence-corrected chi connectivity index (χ1v) is 9.47. The summed E-state index contributed by atoms with van der Waals surface area (Å²) < 4.78 is 0. The third-order valence-corrected chi connectivity index (χ3v) is 4.42. The molecule has 1 fully saturated rings. The molecule has 2 rings (SSSR count). The number of hydrogen-bond acceptors (Lipinski definition) is 2. The minimum atomic E-state index is 0.0682. The van der Waals surface area contributed by atoms with E-state index in [1.165, 1.54) is 5.56 Å². The molecule has 1 aliphatic rings. The first-order valence-electron chi connectivity index (χ1n) is 9.47. The van der Waals surface area contributed by atoms with Gasteiger partial charge < -0.3 is 15.5 Å². The van der Waals surface area contributed by atoms with Gasteiger partial charge in [0.2, 0.25) is 5.91 Å². The highest BCUT2D eigenvalue weighted by Gasteiger charge is 2.27. The Morgan fingerprint density at radius 1 is 1.32 bits per heavy atom. The number of benzene rings is 1. The summed E-state index contributed by atoms with van der Waals surface area (Å²) in [6.45, 7) is 9.23. The number of guanidine groups is 1. The third kappa shape index (κ3) is 6.40. The van der Waals surface area contributed by atoms with E-state index < -0.39 is 0 Å². The van der Waals surface area contributed by atoms with E-state index in [2.05, 4.69) is 46.8 Å². The molecule has 0 radical (unpaired) electrons. The molecule has 1 aromatic rings. The van der Waals surface area contributed by atoms with Crippen LogP contribution >= 0.6 is 0 Å². The van der Waals surface area contributed by atoms with E-state index in [0.29, 0.717) is 0 Å². The van der Waals surface area contributed by atoms with Crippen LogP contribution in [0.5, 0.6) is 0 Å². The molecule has 1 atom stereocenters. The van der Waals surface area contributed by atoms with Gasteiger partial charge in [0.1, 0.15) is 0 Å². The molecular formula is C20H32N4O. The summed E-state index contributed by atoms with van der Waals surface area (Å²) in [5.74, 6) is 1.17. The number of nitrogens with one attached hydrogen (secondary N) is 2. The summed E-state index contributed by atoms with van der Waals surface area (Å²) >= 11 is 0. The minimum Gasteiger partial charge on any atom is -0.357 e. The van der Waals surface area contributed by atoms with Crippen LogP contribution in [0.2, 0.25) is 0 Å². The van der Waals surface area contributed by atoms with Gasteiger partial charge >= 0.3 is 0 Å². The molecular weight excluding hydrogens is 312 g/mol. The molecule has 2 N–H and O–H groups in total. The molecule has 1 amide bonds. The average Bonchev–Trinajstić information content (AvgIpc) is 3.07. The lowest BCUT2D eigenvalue weighted by molar-refractivity contribution is -0.133. The monoisotopic (exact) mass is 344 g/mol. The fourth-order valence-corrected chi connectivity index (χ4v) is 3.08. The van der Waals surface area contributed by atoms with Crippen molar-refractivity contribution in [3.05, 3.63) is 35.9 Å². The van der Waals surface area contributed by atoms with Gasteiger partial charge in [0, 0.05) is 38.1 Å². The van der Waals surface area contributed by atoms with Gasteiger partial charge in [-0.3, -0.25) is 9.79 Å². The number of rotatable bonds is 7. The van der Waals surface area contributed by atoms with E-state index in [1.54, 1.807) is 0 Å². The fraction of sp³-hybridized carbons (Fsp3) is 0.600. The third-order valence-electron chi connectivity index (χ3n) is 4.42. The van der Waals surface area contributed by atoms with Crippen LogP contribution < -0.4 is 10.6 Å². The number of carbonyl (C=O) groups excluding carboxylic acids is 1. The molecule has 1 saturated heterocycles. The summed E-state index contributed by atoms with van der Waals surface area (Å²) in [6, 6.07) is 10.8. The Bertz CT molecular complexity index is 556. The molecule has 138 valence electrons. The fourth-order valence-electron chi connectivity index (χ4n) is 3.08. The second kappa shape index (κ2) is 10.1. The Kier molecular flexibility index (Phi) is 7.76. The Morgan fingerprint density at radius 3 is 2.76 bits per heavy atom. The lowest BCUT2D eigenvalue weighted by Crippen LogP contribution is -2.45. The van der Waals surface area contributed by atoms with Crippen molar-refractivity contribution in [1.29, 1.82) is 0 Å². The van der Waals surface area contributed by atoms with Gasteiger partial charge in [0.15, 0.2) is 5.96 Å². The van der Waals surface area contributed by atoms with Crippen LogP contribution in [-0.4, -0.2) is 49.0 Å². The summed E-state index contributed by atoms with van der Waals surface area (Å²) in [6.07, 6.45) is 3.06. The topological polar surface area (TPSA) is 56.7 Å². The Hall–Kier alpha value is -2.04. The first kappa shape index (κ1) is 19.3. The van der Waals surface area contributed by atoms with Crippen LogP contribution in [0.3, 0.4) is 0 Å². The molecule has 0 saturated carbocycles. The van der Waals surface area contributed by atoms with E-state index in [0.717, 1.165) is 51.4 Å². The zero-order valence-electron chi connectivity index (χ0n) is 15.8. The SMILES string of the molecule is CCNC(=NCCCc1ccccc1)NC1CCN(C(=O)C(C)C)C1. The average molecular weight is 345 g/mol. The first-order chi connectivity index (χ1) is 12.1. The smallest absolute Gasteiger partial charge is 0.225 e. The quantitative estimate of drug-likeness (QED) is 0.454. The molecule has 5 heteroatoms. The Labute approximate surface area is 151 Å². The van der Waals surface area contributed by atoms with E-state index in [9.17, 15) is 4.79 Å². The van der Waals surface area contributed by atoms with Crippen LogP contribution in [0, 0.1) is 5.92 Å². The van der Waals surface area contributed by atoms with Crippen molar-refractivity contribution >= 4 is 11.9 Å². The second-order valence-corrected chi connectivity index (χ2v) is 6.92. The minimum absolute atomic E-state index is 0.0682. The summed E-state index contributed by atoms with van der Waals surface area (Å²) in [5, 5.41) is 6.79. The van der Waals surface area contributed by atoms with Crippen molar-refractivity contribution in [2.45, 2.75) is 46.1 Å². The maximum absolute atomic E-state index is 12.1. The zero-order valence-corrected chi connectivity index (χ0v) is 15.8. The van der Waals surface area contributed by atoms with Crippen molar-refractivity contribution in [2.24, 2.45) is 10.9 Å². The number of aliphatic imine (C=N–C) groups is 1. The highest BCUT2D eigenvalue weighted by atomic mass is 16.2. The molecule has 0 aliphatic carbocycles. The molecule has 0 aromatic heterocycles. The standard InChI is InChI=1S/C20H32N4O/c1-4-21-20(22-13-8-11-17-9-6-5-7-10-17)23-18-12-14-24(15-18)19(25)16(2)3/h5-7,9-10,16,18H,4,8,11-15H2,1-3H3,(H2,21,22,23). The Balaban J connectivity index is 1.79. The van der Waals surface area contributed by atoms with Crippen LogP contribution in [-0.2, 0) is 11.2 Å². The van der Waals surface area contributed by atoms with Gasteiger partial charge in [0.05, 0.1) is 0 Å². The molecule has 1 aromatic carbocycles. The van der Waals surface area contributed by atoms with Crippen molar-refractivity contribution in [2.75, 3.05) is 26.2 Å². The molecule has 1 unspecified atom stereocenters. The number of carbonyl (C=O) groups is 1. The van der Waals surface area contributed by atoms with Crippen molar-refractivity contribution in [3.63, 3.8) is 0 Å². The van der Waals surface area contributed by atoms with E-state index in [4.69, 9.17) is 0 Å². The van der Waals surface area contributed by atoms with E-state index in [-0.39, 0.29) is 17.9 Å². The summed E-state index contributed by atoms with van der Waals surface area (Å²) in [4.78, 5) is 18.7. The number of amides is 1. The lowest BCUT2D eigenvalue weighted by Gasteiger charge is -2.20. The van der Waals surface area contributed by atoms with Gasteiger partial charge in [-0.2, -0.15) is 0 Å². The molecule has 5 nitrogen and oxygen atoms in total. The maximum atomic E-state index is 12.1. The molecule has 1 aliphatic heterocycles. The van der Waals surface area contributed by atoms with Gasteiger partial charge in [-0.1, -0.05) is 44.2 Å². The van der Waals surface area contributed by atoms with Crippen molar-refractivity contribution in [1.82, 2.24) is 15.5 Å². The molecule has 25 heavy (non-hydrogen) atoms. The predicted molar refractivity (Wildman–Crippen MR) is 104 cm³/mol. The van der Waals surface area contributed by atoms with E-state index >= 15 is 0 Å². The number of aryl methyl sites for hydroxylation is 1. The van der Waals surface area contributed by atoms with Gasteiger partial charge in [-0.15, -0.1) is 0 Å². The van der Waals surface area contributed by atoms with Gasteiger partial charge in [-0.25, -0.2) is 0 Å². The van der Waals surface area contributed by atoms with Gasteiger partial charge in [0.25, 0.3) is 0 Å². The maximum Gasteiger partial charge on any atom is 0.225 e. The predicted octanol–water partition coefficient (Wildman–Crippen LogP) is 2.43. The number of likely N-dealkylation sites (tertiary alicyclic amines) is 1. The van der Waals surface area contributed by atoms with Crippen LogP contribution in [0.4, 0.5) is 0 Å². The van der Waals surface area contributed by atoms with Crippen LogP contribution in [0.1, 0.15) is 39.2 Å². The van der Waals surface area contributed by atoms with Crippen molar-refractivity contribution in [3.8, 4) is 0 Å². The lowest BCUT2D eigenvalue weighted by atomic mass is 10.1. The van der Waals surface area contributed by atoms with Crippen LogP contribution in [0.15, 0.2) is 35.3 Å². The largest absolute Gasteiger partial charge is 0.357 e. The molecule has 0 bridgehead atoms. The highest BCUT2D eigenvalue weighted by molar-refractivity contribution is 5.81. The normalized spacial score (nSPS) is 17.8. The summed E-state index contributed by atoms with van der Waals surface area (Å²) in [7, 11) is 0. The van der Waals surface area contributed by atoms with Crippen LogP contribution in [0.25, 0.3) is 0 Å². The van der Waals surface area contributed by atoms with Crippen molar-refractivity contribution < 1.29 is 4.79 Å². The second-order valence-electron chi connectivity index (χ2n) is 6.92. The molecule has 0 spiro atoms. The highest BCUT2D eigenvalue weighted by Crippen LogP contribution is 2.12. The number of hydrogen-bond donors (Lipinski definition) is 2. The van der Waals surface area contributed by atoms with E-state index in [1.807, 2.05) is 24.8 Å². The van der Waals surface area contributed by atoms with Gasteiger partial charge in [-0.05, 0) is 31.7 Å².